The topological polar surface area (TPSA) is 66.9 Å². The van der Waals surface area contributed by atoms with Crippen LogP contribution in [0.1, 0.15) is 11.4 Å². The van der Waals surface area contributed by atoms with E-state index in [0.29, 0.717) is 16.7 Å². The largest absolute Gasteiger partial charge is 0.323 e. The fraction of sp³-hybridized carbons (Fsp3) is 0.118. The molecule has 122 valence electrons. The highest BCUT2D eigenvalue weighted by atomic mass is 19.1. The maximum Gasteiger partial charge on any atom is 0.323 e. The summed E-state index contributed by atoms with van der Waals surface area (Å²) in [5, 5.41) is 4.68. The van der Waals surface area contributed by atoms with Crippen molar-refractivity contribution >= 4 is 28.4 Å². The first kappa shape index (κ1) is 15.8. The van der Waals surface area contributed by atoms with E-state index in [0.717, 1.165) is 23.5 Å². The number of urea groups is 1. The number of hydrogen-bond acceptors (Lipinski definition) is 3. The zero-order valence-corrected chi connectivity index (χ0v) is 13.0. The number of nitrogens with zero attached hydrogens (tertiary/aromatic N) is 2. The minimum atomic E-state index is -0.847. The summed E-state index contributed by atoms with van der Waals surface area (Å²) in [5.41, 5.74) is 2.88. The molecule has 2 aromatic carbocycles. The molecule has 3 rings (SSSR count). The number of aryl methyl sites for hydroxylation is 2. The van der Waals surface area contributed by atoms with Crippen molar-refractivity contribution in [1.82, 2.24) is 9.97 Å². The predicted octanol–water partition coefficient (Wildman–Crippen LogP) is 4.17. The van der Waals surface area contributed by atoms with E-state index in [2.05, 4.69) is 20.6 Å². The Labute approximate surface area is 136 Å². The van der Waals surface area contributed by atoms with E-state index < -0.39 is 23.4 Å². The molecule has 0 atom stereocenters. The molecule has 0 aliphatic heterocycles. The zero-order chi connectivity index (χ0) is 17.3. The van der Waals surface area contributed by atoms with Crippen LogP contribution < -0.4 is 10.6 Å². The second-order valence-corrected chi connectivity index (χ2v) is 5.27. The number of amides is 2. The van der Waals surface area contributed by atoms with Crippen LogP contribution in [-0.4, -0.2) is 16.0 Å². The number of anilines is 2. The highest BCUT2D eigenvalue weighted by Crippen LogP contribution is 2.20. The van der Waals surface area contributed by atoms with Crippen LogP contribution in [0.2, 0.25) is 0 Å². The smallest absolute Gasteiger partial charge is 0.308 e. The van der Waals surface area contributed by atoms with E-state index in [1.165, 1.54) is 6.07 Å². The second-order valence-electron chi connectivity index (χ2n) is 5.27. The molecule has 0 aliphatic rings. The zero-order valence-electron chi connectivity index (χ0n) is 13.0. The average molecular weight is 328 g/mol. The van der Waals surface area contributed by atoms with Crippen molar-refractivity contribution in [3.8, 4) is 0 Å². The molecule has 0 aliphatic carbocycles. The van der Waals surface area contributed by atoms with Crippen LogP contribution in [0.15, 0.2) is 36.4 Å². The Morgan fingerprint density at radius 2 is 1.54 bits per heavy atom. The van der Waals surface area contributed by atoms with Gasteiger partial charge in [0.2, 0.25) is 0 Å². The summed E-state index contributed by atoms with van der Waals surface area (Å²) in [6, 6.07) is 7.60. The van der Waals surface area contributed by atoms with Crippen molar-refractivity contribution in [3.05, 3.63) is 59.4 Å². The van der Waals surface area contributed by atoms with Crippen LogP contribution in [0.25, 0.3) is 11.0 Å². The van der Waals surface area contributed by atoms with Gasteiger partial charge in [0, 0.05) is 5.69 Å². The summed E-state index contributed by atoms with van der Waals surface area (Å²) >= 11 is 0. The number of aromatic nitrogens is 2. The monoisotopic (exact) mass is 328 g/mol. The highest BCUT2D eigenvalue weighted by molar-refractivity contribution is 6.00. The Hall–Kier alpha value is -3.09. The Morgan fingerprint density at radius 1 is 0.917 bits per heavy atom. The van der Waals surface area contributed by atoms with Crippen LogP contribution >= 0.6 is 0 Å². The Bertz CT molecular complexity index is 923. The van der Waals surface area contributed by atoms with Gasteiger partial charge < -0.3 is 10.6 Å². The molecule has 0 spiro atoms. The number of benzene rings is 2. The number of fused-ring (bicyclic) bond motifs is 1. The lowest BCUT2D eigenvalue weighted by molar-refractivity contribution is 0.262. The standard InChI is InChI=1S/C17H14F2N4O/c1-9-10(2)21-15-8-11(6-7-14(15)20-9)22-17(24)23-16-12(18)4-3-5-13(16)19/h3-8H,1-2H3,(H2,22,23,24). The minimum absolute atomic E-state index is 0.439. The third-order valence-electron chi connectivity index (χ3n) is 3.53. The van der Waals surface area contributed by atoms with Crippen LogP contribution in [-0.2, 0) is 0 Å². The summed E-state index contributed by atoms with van der Waals surface area (Å²) in [7, 11) is 0. The van der Waals surface area contributed by atoms with Gasteiger partial charge in [-0.25, -0.2) is 23.5 Å². The first-order valence-corrected chi connectivity index (χ1v) is 7.21. The van der Waals surface area contributed by atoms with Crippen molar-refractivity contribution in [3.63, 3.8) is 0 Å². The third kappa shape index (κ3) is 3.15. The van der Waals surface area contributed by atoms with Gasteiger partial charge >= 0.3 is 6.03 Å². The van der Waals surface area contributed by atoms with E-state index >= 15 is 0 Å². The number of rotatable bonds is 2. The lowest BCUT2D eigenvalue weighted by Gasteiger charge is -2.10. The maximum absolute atomic E-state index is 13.5. The molecule has 24 heavy (non-hydrogen) atoms. The fourth-order valence-corrected chi connectivity index (χ4v) is 2.20. The average Bonchev–Trinajstić information content (AvgIpc) is 2.52. The van der Waals surface area contributed by atoms with Crippen LogP contribution in [0.4, 0.5) is 25.0 Å². The van der Waals surface area contributed by atoms with E-state index in [1.54, 1.807) is 18.2 Å². The van der Waals surface area contributed by atoms with Crippen LogP contribution in [0.3, 0.4) is 0 Å². The Morgan fingerprint density at radius 3 is 2.21 bits per heavy atom. The van der Waals surface area contributed by atoms with Crippen LogP contribution in [0.5, 0.6) is 0 Å². The summed E-state index contributed by atoms with van der Waals surface area (Å²) in [6.45, 7) is 3.71. The molecule has 1 aromatic heterocycles. The van der Waals surface area contributed by atoms with Crippen LogP contribution in [0, 0.1) is 25.5 Å². The van der Waals surface area contributed by atoms with Crippen molar-refractivity contribution in [2.75, 3.05) is 10.6 Å². The molecule has 0 unspecified atom stereocenters. The molecular weight excluding hydrogens is 314 g/mol. The van der Waals surface area contributed by atoms with Gasteiger partial charge in [-0.05, 0) is 44.2 Å². The number of para-hydroxylation sites is 1. The normalized spacial score (nSPS) is 10.7. The molecule has 0 saturated heterocycles. The van der Waals surface area contributed by atoms with Gasteiger partial charge in [0.05, 0.1) is 22.4 Å². The van der Waals surface area contributed by atoms with E-state index in [-0.39, 0.29) is 0 Å². The molecule has 1 heterocycles. The quantitative estimate of drug-likeness (QED) is 0.742. The molecule has 0 fully saturated rings. The van der Waals surface area contributed by atoms with Gasteiger partial charge in [-0.3, -0.25) is 0 Å². The molecule has 0 saturated carbocycles. The molecule has 0 radical (unpaired) electrons. The van der Waals surface area contributed by atoms with Crippen molar-refractivity contribution in [2.45, 2.75) is 13.8 Å². The number of hydrogen-bond donors (Lipinski definition) is 2. The molecule has 5 nitrogen and oxygen atoms in total. The van der Waals surface area contributed by atoms with Gasteiger partial charge in [-0.1, -0.05) is 6.07 Å². The number of carbonyl (C=O) groups excluding carboxylic acids is 1. The lowest BCUT2D eigenvalue weighted by Crippen LogP contribution is -2.21. The number of nitrogens with one attached hydrogen (secondary N) is 2. The highest BCUT2D eigenvalue weighted by Gasteiger charge is 2.12. The van der Waals surface area contributed by atoms with E-state index in [9.17, 15) is 13.6 Å². The Kier molecular flexibility index (Phi) is 4.07. The predicted molar refractivity (Wildman–Crippen MR) is 88.0 cm³/mol. The molecule has 2 amide bonds. The maximum atomic E-state index is 13.5. The van der Waals surface area contributed by atoms with Crippen molar-refractivity contribution < 1.29 is 13.6 Å². The number of carbonyl (C=O) groups is 1. The van der Waals surface area contributed by atoms with Gasteiger partial charge in [0.25, 0.3) is 0 Å². The van der Waals surface area contributed by atoms with E-state index in [1.807, 2.05) is 13.8 Å². The fourth-order valence-electron chi connectivity index (χ4n) is 2.20. The van der Waals surface area contributed by atoms with Crippen molar-refractivity contribution in [2.24, 2.45) is 0 Å². The van der Waals surface area contributed by atoms with E-state index in [4.69, 9.17) is 0 Å². The van der Waals surface area contributed by atoms with Crippen molar-refractivity contribution in [1.29, 1.82) is 0 Å². The van der Waals surface area contributed by atoms with Gasteiger partial charge in [-0.15, -0.1) is 0 Å². The molecule has 7 heteroatoms. The summed E-state index contributed by atoms with van der Waals surface area (Å²) in [5.74, 6) is -1.69. The first-order valence-electron chi connectivity index (χ1n) is 7.21. The van der Waals surface area contributed by atoms with Gasteiger partial charge in [-0.2, -0.15) is 0 Å². The molecule has 3 aromatic rings. The molecular formula is C17H14F2N4O. The minimum Gasteiger partial charge on any atom is -0.308 e. The first-order chi connectivity index (χ1) is 11.4. The summed E-state index contributed by atoms with van der Waals surface area (Å²) in [6.07, 6.45) is 0. The molecule has 2 N–H and O–H groups in total. The SMILES string of the molecule is Cc1nc2ccc(NC(=O)Nc3c(F)cccc3F)cc2nc1C. The number of halogens is 2. The third-order valence-corrected chi connectivity index (χ3v) is 3.53. The second kappa shape index (κ2) is 6.19. The van der Waals surface area contributed by atoms with Gasteiger partial charge in [0.15, 0.2) is 0 Å². The summed E-state index contributed by atoms with van der Waals surface area (Å²) in [4.78, 5) is 20.7. The Balaban J connectivity index is 1.81. The summed E-state index contributed by atoms with van der Waals surface area (Å²) < 4.78 is 27.1. The van der Waals surface area contributed by atoms with Gasteiger partial charge in [0.1, 0.15) is 17.3 Å². The molecule has 0 bridgehead atoms. The lowest BCUT2D eigenvalue weighted by atomic mass is 10.2.